The highest BCUT2D eigenvalue weighted by Gasteiger charge is 2.20. The quantitative estimate of drug-likeness (QED) is 0.913. The molecule has 2 heterocycles. The van der Waals surface area contributed by atoms with Gasteiger partial charge in [0.2, 0.25) is 0 Å². The lowest BCUT2D eigenvalue weighted by Crippen LogP contribution is -2.36. The molecule has 2 rings (SSSR count). The molecular formula is C16H27N3O. The Balaban J connectivity index is 2.10. The van der Waals surface area contributed by atoms with Crippen LogP contribution in [0.2, 0.25) is 0 Å². The number of hydrogen-bond acceptors (Lipinski definition) is 4. The third kappa shape index (κ3) is 3.49. The van der Waals surface area contributed by atoms with Crippen molar-refractivity contribution >= 4 is 5.82 Å². The highest BCUT2D eigenvalue weighted by atomic mass is 16.3. The lowest BCUT2D eigenvalue weighted by atomic mass is 9.96. The third-order valence-corrected chi connectivity index (χ3v) is 4.34. The summed E-state index contributed by atoms with van der Waals surface area (Å²) in [6.07, 6.45) is 2.50. The summed E-state index contributed by atoms with van der Waals surface area (Å²) in [5, 5.41) is 9.61. The van der Waals surface area contributed by atoms with Gasteiger partial charge in [0, 0.05) is 24.8 Å². The van der Waals surface area contributed by atoms with Gasteiger partial charge in [-0.1, -0.05) is 0 Å². The van der Waals surface area contributed by atoms with Crippen LogP contribution >= 0.6 is 0 Å². The van der Waals surface area contributed by atoms with Gasteiger partial charge >= 0.3 is 0 Å². The van der Waals surface area contributed by atoms with Crippen molar-refractivity contribution in [1.29, 1.82) is 0 Å². The molecule has 1 aromatic heterocycles. The number of aliphatic hydroxyl groups excluding tert-OH is 1. The summed E-state index contributed by atoms with van der Waals surface area (Å²) in [5.41, 5.74) is 3.11. The van der Waals surface area contributed by atoms with Crippen molar-refractivity contribution in [1.82, 2.24) is 9.88 Å². The second-order valence-electron chi connectivity index (χ2n) is 6.17. The van der Waals surface area contributed by atoms with E-state index in [9.17, 15) is 5.11 Å². The SMILES string of the molecule is Cc1cc(C)c(CO)c(N(C)CC2CCN(C)CC2)n1. The molecule has 0 atom stereocenters. The minimum atomic E-state index is 0.0617. The normalized spacial score (nSPS) is 17.4. The molecule has 0 saturated carbocycles. The second kappa shape index (κ2) is 6.55. The maximum absolute atomic E-state index is 9.61. The van der Waals surface area contributed by atoms with Gasteiger partial charge in [0.15, 0.2) is 0 Å². The molecule has 1 saturated heterocycles. The topological polar surface area (TPSA) is 39.6 Å². The minimum absolute atomic E-state index is 0.0617. The number of likely N-dealkylation sites (tertiary alicyclic amines) is 1. The largest absolute Gasteiger partial charge is 0.392 e. The maximum atomic E-state index is 9.61. The van der Waals surface area contributed by atoms with Gasteiger partial charge in [0.05, 0.1) is 6.61 Å². The summed E-state index contributed by atoms with van der Waals surface area (Å²) < 4.78 is 0. The maximum Gasteiger partial charge on any atom is 0.134 e. The Kier molecular flexibility index (Phi) is 5.00. The second-order valence-corrected chi connectivity index (χ2v) is 6.17. The van der Waals surface area contributed by atoms with E-state index >= 15 is 0 Å². The summed E-state index contributed by atoms with van der Waals surface area (Å²) >= 11 is 0. The lowest BCUT2D eigenvalue weighted by molar-refractivity contribution is 0.222. The van der Waals surface area contributed by atoms with Crippen molar-refractivity contribution in [3.05, 3.63) is 22.9 Å². The molecule has 1 aliphatic rings. The van der Waals surface area contributed by atoms with Crippen LogP contribution in [0, 0.1) is 19.8 Å². The molecule has 0 radical (unpaired) electrons. The molecule has 112 valence electrons. The predicted molar refractivity (Wildman–Crippen MR) is 83.1 cm³/mol. The number of pyridine rings is 1. The van der Waals surface area contributed by atoms with Crippen molar-refractivity contribution in [2.24, 2.45) is 5.92 Å². The van der Waals surface area contributed by atoms with E-state index in [1.807, 2.05) is 19.9 Å². The van der Waals surface area contributed by atoms with E-state index in [4.69, 9.17) is 0 Å². The van der Waals surface area contributed by atoms with Crippen LogP contribution in [0.25, 0.3) is 0 Å². The Morgan fingerprint density at radius 1 is 1.35 bits per heavy atom. The number of aromatic nitrogens is 1. The first kappa shape index (κ1) is 15.3. The number of rotatable bonds is 4. The van der Waals surface area contributed by atoms with E-state index < -0.39 is 0 Å². The average molecular weight is 277 g/mol. The van der Waals surface area contributed by atoms with Crippen molar-refractivity contribution in [3.8, 4) is 0 Å². The van der Waals surface area contributed by atoms with Crippen molar-refractivity contribution in [2.75, 3.05) is 38.6 Å². The summed E-state index contributed by atoms with van der Waals surface area (Å²) in [4.78, 5) is 9.26. The molecule has 1 N–H and O–H groups in total. The van der Waals surface area contributed by atoms with Gasteiger partial charge in [0.1, 0.15) is 5.82 Å². The molecule has 0 amide bonds. The molecule has 4 heteroatoms. The Morgan fingerprint density at radius 2 is 2.00 bits per heavy atom. The Bertz CT molecular complexity index is 453. The number of piperidine rings is 1. The van der Waals surface area contributed by atoms with Crippen LogP contribution in [0.4, 0.5) is 5.82 Å². The van der Waals surface area contributed by atoms with Gasteiger partial charge in [-0.3, -0.25) is 0 Å². The Hall–Kier alpha value is -1.13. The monoisotopic (exact) mass is 277 g/mol. The van der Waals surface area contributed by atoms with Gasteiger partial charge < -0.3 is 14.9 Å². The standard InChI is InChI=1S/C16H27N3O/c1-12-9-13(2)17-16(15(12)11-20)19(4)10-14-5-7-18(3)8-6-14/h9,14,20H,5-8,10-11H2,1-4H3. The molecule has 0 bridgehead atoms. The first-order valence-electron chi connectivity index (χ1n) is 7.49. The van der Waals surface area contributed by atoms with E-state index in [2.05, 4.69) is 28.9 Å². The minimum Gasteiger partial charge on any atom is -0.392 e. The van der Waals surface area contributed by atoms with Crippen molar-refractivity contribution < 1.29 is 5.11 Å². The van der Waals surface area contributed by atoms with Gasteiger partial charge in [-0.05, 0) is 64.4 Å². The van der Waals surface area contributed by atoms with E-state index in [1.54, 1.807) is 0 Å². The fourth-order valence-corrected chi connectivity index (χ4v) is 3.07. The summed E-state index contributed by atoms with van der Waals surface area (Å²) in [5.74, 6) is 1.68. The molecular weight excluding hydrogens is 250 g/mol. The highest BCUT2D eigenvalue weighted by molar-refractivity contribution is 5.50. The van der Waals surface area contributed by atoms with Crippen LogP contribution in [0.5, 0.6) is 0 Å². The number of nitrogens with zero attached hydrogens (tertiary/aromatic N) is 3. The van der Waals surface area contributed by atoms with Crippen LogP contribution in [-0.2, 0) is 6.61 Å². The zero-order valence-electron chi connectivity index (χ0n) is 13.2. The van der Waals surface area contributed by atoms with E-state index in [-0.39, 0.29) is 6.61 Å². The number of aliphatic hydroxyl groups is 1. The zero-order valence-corrected chi connectivity index (χ0v) is 13.2. The van der Waals surface area contributed by atoms with Crippen LogP contribution in [0.1, 0.15) is 29.7 Å². The molecule has 1 aromatic rings. The number of hydrogen-bond donors (Lipinski definition) is 1. The molecule has 0 unspecified atom stereocenters. The van der Waals surface area contributed by atoms with Crippen LogP contribution in [0.3, 0.4) is 0 Å². The summed E-state index contributed by atoms with van der Waals surface area (Å²) in [6, 6.07) is 2.04. The van der Waals surface area contributed by atoms with Crippen LogP contribution in [-0.4, -0.2) is 48.7 Å². The van der Waals surface area contributed by atoms with Crippen LogP contribution in [0.15, 0.2) is 6.07 Å². The van der Waals surface area contributed by atoms with Gasteiger partial charge in [-0.2, -0.15) is 0 Å². The third-order valence-electron chi connectivity index (χ3n) is 4.34. The molecule has 0 aliphatic carbocycles. The predicted octanol–water partition coefficient (Wildman–Crippen LogP) is 1.97. The van der Waals surface area contributed by atoms with Crippen molar-refractivity contribution in [3.63, 3.8) is 0 Å². The van der Waals surface area contributed by atoms with Gasteiger partial charge in [-0.15, -0.1) is 0 Å². The highest BCUT2D eigenvalue weighted by Crippen LogP contribution is 2.24. The number of anilines is 1. The fourth-order valence-electron chi connectivity index (χ4n) is 3.07. The Labute approximate surface area is 122 Å². The molecule has 4 nitrogen and oxygen atoms in total. The first-order chi connectivity index (χ1) is 9.51. The van der Waals surface area contributed by atoms with Crippen LogP contribution < -0.4 is 4.90 Å². The van der Waals surface area contributed by atoms with Gasteiger partial charge in [-0.25, -0.2) is 4.98 Å². The zero-order chi connectivity index (χ0) is 14.7. The first-order valence-corrected chi connectivity index (χ1v) is 7.49. The molecule has 0 aromatic carbocycles. The molecule has 1 aliphatic heterocycles. The lowest BCUT2D eigenvalue weighted by Gasteiger charge is -2.32. The summed E-state index contributed by atoms with van der Waals surface area (Å²) in [7, 11) is 4.29. The van der Waals surface area contributed by atoms with Gasteiger partial charge in [0.25, 0.3) is 0 Å². The molecule has 1 fully saturated rings. The fraction of sp³-hybridized carbons (Fsp3) is 0.688. The van der Waals surface area contributed by atoms with E-state index in [1.165, 1.54) is 25.9 Å². The average Bonchev–Trinajstić information content (AvgIpc) is 2.40. The van der Waals surface area contributed by atoms with E-state index in [0.717, 1.165) is 35.1 Å². The molecule has 20 heavy (non-hydrogen) atoms. The van der Waals surface area contributed by atoms with E-state index in [0.29, 0.717) is 0 Å². The number of aryl methyl sites for hydroxylation is 2. The summed E-state index contributed by atoms with van der Waals surface area (Å²) in [6.45, 7) is 7.52. The smallest absolute Gasteiger partial charge is 0.134 e. The molecule has 0 spiro atoms. The Morgan fingerprint density at radius 3 is 2.60 bits per heavy atom. The van der Waals surface area contributed by atoms with Crippen molar-refractivity contribution in [2.45, 2.75) is 33.3 Å².